The van der Waals surface area contributed by atoms with Gasteiger partial charge in [-0.2, -0.15) is 0 Å². The van der Waals surface area contributed by atoms with Crippen molar-refractivity contribution in [3.05, 3.63) is 88.8 Å². The average molecular weight is 530 g/mol. The number of hydrogen-bond acceptors (Lipinski definition) is 6. The number of carbonyl (C=O) groups excluding carboxylic acids is 3. The van der Waals surface area contributed by atoms with Gasteiger partial charge in [0.25, 0.3) is 17.7 Å². The van der Waals surface area contributed by atoms with E-state index in [1.807, 2.05) is 6.92 Å². The van der Waals surface area contributed by atoms with E-state index in [0.29, 0.717) is 10.6 Å². The summed E-state index contributed by atoms with van der Waals surface area (Å²) in [5.74, 6) is -1.97. The number of nitrogens with one attached hydrogen (secondary N) is 1. The Balaban J connectivity index is 1.53. The number of furan rings is 1. The quantitative estimate of drug-likeness (QED) is 0.525. The lowest BCUT2D eigenvalue weighted by molar-refractivity contribution is -0.132. The number of amides is 3. The normalized spacial score (nSPS) is 14.8. The second kappa shape index (κ2) is 10.5. The molecular formula is C25H24ClN3O6S. The van der Waals surface area contributed by atoms with Gasteiger partial charge in [-0.05, 0) is 49.4 Å². The monoisotopic (exact) mass is 529 g/mol. The standard InChI is InChI=1S/C25H24ClN3O6S/c1-17-7-9-20(10-8-17)36(33,34)23(27-22(30)21-6-3-15-35-21)25(32)29-13-11-28(12-14-29)24(31)18-4-2-5-19(26)16-18/h2-10,15-16,23H,11-14H2,1H3,(H,27,30)/t23-/m0/s1. The van der Waals surface area contributed by atoms with Crippen LogP contribution in [-0.4, -0.2) is 67.5 Å². The Morgan fingerprint density at radius 2 is 1.61 bits per heavy atom. The third kappa shape index (κ3) is 5.44. The molecular weight excluding hydrogens is 506 g/mol. The molecule has 9 nitrogen and oxygen atoms in total. The van der Waals surface area contributed by atoms with Crippen molar-refractivity contribution < 1.29 is 27.2 Å². The van der Waals surface area contributed by atoms with Gasteiger partial charge in [-0.1, -0.05) is 35.4 Å². The lowest BCUT2D eigenvalue weighted by Crippen LogP contribution is -2.57. The summed E-state index contributed by atoms with van der Waals surface area (Å²) in [5, 5.41) is 0.897. The molecule has 0 saturated carbocycles. The Morgan fingerprint density at radius 3 is 2.22 bits per heavy atom. The summed E-state index contributed by atoms with van der Waals surface area (Å²) in [4.78, 5) is 41.7. The zero-order valence-corrected chi connectivity index (χ0v) is 21.0. The van der Waals surface area contributed by atoms with Gasteiger partial charge in [-0.25, -0.2) is 8.42 Å². The molecule has 0 bridgehead atoms. The molecule has 1 aliphatic rings. The molecule has 3 amide bonds. The van der Waals surface area contributed by atoms with Gasteiger partial charge >= 0.3 is 0 Å². The van der Waals surface area contributed by atoms with Gasteiger partial charge < -0.3 is 19.5 Å². The summed E-state index contributed by atoms with van der Waals surface area (Å²) in [6, 6.07) is 15.4. The van der Waals surface area contributed by atoms with Crippen LogP contribution >= 0.6 is 11.6 Å². The van der Waals surface area contributed by atoms with Crippen LogP contribution in [-0.2, 0) is 14.6 Å². The fraction of sp³-hybridized carbons (Fsp3) is 0.240. The molecule has 0 aliphatic carbocycles. The first-order valence-corrected chi connectivity index (χ1v) is 13.1. The molecule has 0 spiro atoms. The summed E-state index contributed by atoms with van der Waals surface area (Å²) in [6.07, 6.45) is 1.27. The van der Waals surface area contributed by atoms with E-state index in [9.17, 15) is 22.8 Å². The number of benzene rings is 2. The first-order chi connectivity index (χ1) is 17.2. The Labute approximate surface area is 213 Å². The Hall–Kier alpha value is -3.63. The SMILES string of the molecule is Cc1ccc(S(=O)(=O)[C@H](NC(=O)c2ccco2)C(=O)N2CCN(C(=O)c3cccc(Cl)c3)CC2)cc1. The fourth-order valence-corrected chi connectivity index (χ4v) is 5.49. The second-order valence-corrected chi connectivity index (χ2v) is 10.8. The minimum absolute atomic E-state index is 0.0963. The minimum Gasteiger partial charge on any atom is -0.459 e. The van der Waals surface area contributed by atoms with Crippen LogP contribution in [0, 0.1) is 6.92 Å². The highest BCUT2D eigenvalue weighted by Crippen LogP contribution is 2.20. The number of nitrogens with zero attached hydrogens (tertiary/aromatic N) is 2. The van der Waals surface area contributed by atoms with Crippen molar-refractivity contribution in [1.29, 1.82) is 0 Å². The van der Waals surface area contributed by atoms with Gasteiger partial charge in [0.15, 0.2) is 5.76 Å². The number of aryl methyl sites for hydroxylation is 1. The maximum Gasteiger partial charge on any atom is 0.288 e. The van der Waals surface area contributed by atoms with E-state index >= 15 is 0 Å². The highest BCUT2D eigenvalue weighted by atomic mass is 35.5. The summed E-state index contributed by atoms with van der Waals surface area (Å²) in [7, 11) is -4.29. The number of carbonyl (C=O) groups is 3. The maximum atomic E-state index is 13.5. The van der Waals surface area contributed by atoms with Crippen LogP contribution in [0.5, 0.6) is 0 Å². The molecule has 1 aromatic heterocycles. The predicted octanol–water partition coefficient (Wildman–Crippen LogP) is 2.76. The van der Waals surface area contributed by atoms with Crippen molar-refractivity contribution in [2.24, 2.45) is 0 Å². The number of hydrogen-bond donors (Lipinski definition) is 1. The van der Waals surface area contributed by atoms with E-state index in [4.69, 9.17) is 16.0 Å². The molecule has 1 N–H and O–H groups in total. The van der Waals surface area contributed by atoms with E-state index in [2.05, 4.69) is 5.32 Å². The molecule has 1 atom stereocenters. The van der Waals surface area contributed by atoms with Crippen molar-refractivity contribution in [3.8, 4) is 0 Å². The third-order valence-electron chi connectivity index (χ3n) is 5.84. The molecule has 36 heavy (non-hydrogen) atoms. The molecule has 0 radical (unpaired) electrons. The predicted molar refractivity (Wildman–Crippen MR) is 132 cm³/mol. The molecule has 11 heteroatoms. The van der Waals surface area contributed by atoms with E-state index in [1.54, 1.807) is 41.3 Å². The summed E-state index contributed by atoms with van der Waals surface area (Å²) < 4.78 is 32.0. The van der Waals surface area contributed by atoms with E-state index in [0.717, 1.165) is 5.56 Å². The molecule has 2 heterocycles. The summed E-state index contributed by atoms with van der Waals surface area (Å²) in [5.41, 5.74) is 1.27. The van der Waals surface area contributed by atoms with Crippen LogP contribution in [0.1, 0.15) is 26.5 Å². The zero-order valence-electron chi connectivity index (χ0n) is 19.4. The van der Waals surface area contributed by atoms with Gasteiger partial charge in [-0.15, -0.1) is 0 Å². The summed E-state index contributed by atoms with van der Waals surface area (Å²) in [6.45, 7) is 2.40. The van der Waals surface area contributed by atoms with E-state index < -0.39 is 27.0 Å². The Bertz CT molecular complexity index is 1370. The van der Waals surface area contributed by atoms with Crippen LogP contribution in [0.4, 0.5) is 0 Å². The molecule has 1 fully saturated rings. The number of piperazine rings is 1. The highest BCUT2D eigenvalue weighted by molar-refractivity contribution is 7.92. The molecule has 2 aromatic carbocycles. The van der Waals surface area contributed by atoms with Gasteiger partial charge in [0.05, 0.1) is 11.2 Å². The van der Waals surface area contributed by atoms with Crippen LogP contribution in [0.3, 0.4) is 0 Å². The fourth-order valence-electron chi connectivity index (χ4n) is 3.83. The molecule has 1 aliphatic heterocycles. The lowest BCUT2D eigenvalue weighted by atomic mass is 10.2. The Kier molecular flexibility index (Phi) is 7.46. The van der Waals surface area contributed by atoms with Gasteiger partial charge in [-0.3, -0.25) is 14.4 Å². The first kappa shape index (κ1) is 25.5. The third-order valence-corrected chi connectivity index (χ3v) is 7.95. The Morgan fingerprint density at radius 1 is 0.944 bits per heavy atom. The van der Waals surface area contributed by atoms with E-state index in [-0.39, 0.29) is 42.7 Å². The van der Waals surface area contributed by atoms with Gasteiger partial charge in [0.1, 0.15) is 0 Å². The van der Waals surface area contributed by atoms with Crippen LogP contribution < -0.4 is 5.32 Å². The van der Waals surface area contributed by atoms with Crippen molar-refractivity contribution >= 4 is 39.2 Å². The highest BCUT2D eigenvalue weighted by Gasteiger charge is 2.40. The van der Waals surface area contributed by atoms with Crippen molar-refractivity contribution in [2.45, 2.75) is 17.2 Å². The minimum atomic E-state index is -4.29. The molecule has 188 valence electrons. The van der Waals surface area contributed by atoms with Crippen molar-refractivity contribution in [2.75, 3.05) is 26.2 Å². The van der Waals surface area contributed by atoms with Crippen LogP contribution in [0.2, 0.25) is 5.02 Å². The molecule has 1 saturated heterocycles. The topological polar surface area (TPSA) is 117 Å². The second-order valence-electron chi connectivity index (χ2n) is 8.32. The first-order valence-electron chi connectivity index (χ1n) is 11.2. The molecule has 0 unspecified atom stereocenters. The van der Waals surface area contributed by atoms with Crippen LogP contribution in [0.15, 0.2) is 76.2 Å². The van der Waals surface area contributed by atoms with Crippen molar-refractivity contribution in [1.82, 2.24) is 15.1 Å². The van der Waals surface area contributed by atoms with Crippen LogP contribution in [0.25, 0.3) is 0 Å². The molecule has 3 aromatic rings. The number of sulfone groups is 1. The number of halogens is 1. The lowest BCUT2D eigenvalue weighted by Gasteiger charge is -2.36. The smallest absolute Gasteiger partial charge is 0.288 e. The summed E-state index contributed by atoms with van der Waals surface area (Å²) >= 11 is 5.99. The maximum absolute atomic E-state index is 13.5. The largest absolute Gasteiger partial charge is 0.459 e. The van der Waals surface area contributed by atoms with Crippen molar-refractivity contribution in [3.63, 3.8) is 0 Å². The number of rotatable bonds is 6. The average Bonchev–Trinajstić information content (AvgIpc) is 3.42. The van der Waals surface area contributed by atoms with Gasteiger partial charge in [0, 0.05) is 36.8 Å². The van der Waals surface area contributed by atoms with E-state index in [1.165, 1.54) is 35.4 Å². The van der Waals surface area contributed by atoms with Gasteiger partial charge in [0.2, 0.25) is 15.2 Å². The molecule has 4 rings (SSSR count). The zero-order chi connectivity index (χ0) is 25.9.